The van der Waals surface area contributed by atoms with Crippen LogP contribution < -0.4 is 15.8 Å². The molecule has 0 saturated carbocycles. The number of anilines is 1. The fourth-order valence-corrected chi connectivity index (χ4v) is 3.57. The number of carbonyl (C=O) groups excluding carboxylic acids is 1. The first-order valence-corrected chi connectivity index (χ1v) is 9.24. The van der Waals surface area contributed by atoms with Crippen LogP contribution >= 0.6 is 0 Å². The highest BCUT2D eigenvalue weighted by atomic mass is 19.1. The molecule has 5 rings (SSSR count). The molecule has 6 nitrogen and oxygen atoms in total. The smallest absolute Gasteiger partial charge is 0.338 e. The molecule has 1 saturated heterocycles. The third-order valence-electron chi connectivity index (χ3n) is 5.12. The summed E-state index contributed by atoms with van der Waals surface area (Å²) in [6.45, 7) is 1.80. The van der Waals surface area contributed by atoms with Gasteiger partial charge in [-0.3, -0.25) is 0 Å². The highest BCUT2D eigenvalue weighted by molar-refractivity contribution is 5.95. The Balaban J connectivity index is 1.53. The van der Waals surface area contributed by atoms with Crippen molar-refractivity contribution in [3.63, 3.8) is 0 Å². The highest BCUT2D eigenvalue weighted by Gasteiger charge is 2.40. The van der Waals surface area contributed by atoms with Crippen LogP contribution in [-0.2, 0) is 5.66 Å². The van der Waals surface area contributed by atoms with Crippen LogP contribution in [0.2, 0.25) is 0 Å². The summed E-state index contributed by atoms with van der Waals surface area (Å²) < 4.78 is 32.4. The van der Waals surface area contributed by atoms with Gasteiger partial charge in [0.1, 0.15) is 22.8 Å². The topological polar surface area (TPSA) is 70.4 Å². The first-order chi connectivity index (χ1) is 14.4. The number of amides is 2. The monoisotopic (exact) mass is 406 g/mol. The van der Waals surface area contributed by atoms with E-state index in [2.05, 4.69) is 15.9 Å². The summed E-state index contributed by atoms with van der Waals surface area (Å²) in [4.78, 5) is 12.6. The predicted molar refractivity (Wildman–Crippen MR) is 107 cm³/mol. The van der Waals surface area contributed by atoms with E-state index in [4.69, 9.17) is 4.52 Å². The number of hydrazine groups is 1. The van der Waals surface area contributed by atoms with E-state index in [1.165, 1.54) is 35.3 Å². The molecular formula is C22H16F2N4O2. The second-order valence-electron chi connectivity index (χ2n) is 7.23. The molecule has 0 aliphatic carbocycles. The molecule has 0 bridgehead atoms. The summed E-state index contributed by atoms with van der Waals surface area (Å²) >= 11 is 0. The van der Waals surface area contributed by atoms with Crippen LogP contribution in [-0.4, -0.2) is 11.2 Å². The minimum Gasteiger partial charge on any atom is -0.355 e. The van der Waals surface area contributed by atoms with E-state index in [-0.39, 0.29) is 5.82 Å². The lowest BCUT2D eigenvalue weighted by Crippen LogP contribution is -2.45. The van der Waals surface area contributed by atoms with Crippen LogP contribution in [0.1, 0.15) is 12.5 Å². The van der Waals surface area contributed by atoms with Crippen molar-refractivity contribution in [2.75, 3.05) is 5.01 Å². The number of hydrogen-bond donors (Lipinski definition) is 2. The second kappa shape index (κ2) is 6.64. The Labute approximate surface area is 170 Å². The van der Waals surface area contributed by atoms with Crippen molar-refractivity contribution in [1.82, 2.24) is 15.9 Å². The highest BCUT2D eigenvalue weighted by Crippen LogP contribution is 2.33. The normalized spacial score (nSPS) is 18.8. The number of aromatic nitrogens is 1. The number of benzene rings is 3. The van der Waals surface area contributed by atoms with Crippen molar-refractivity contribution in [2.24, 2.45) is 0 Å². The summed E-state index contributed by atoms with van der Waals surface area (Å²) in [5.74, 6) is -0.279. The van der Waals surface area contributed by atoms with Crippen LogP contribution in [0.4, 0.5) is 19.3 Å². The Kier molecular flexibility index (Phi) is 4.04. The van der Waals surface area contributed by atoms with Gasteiger partial charge in [0.25, 0.3) is 0 Å². The molecule has 0 radical (unpaired) electrons. The van der Waals surface area contributed by atoms with Crippen molar-refractivity contribution in [3.05, 3.63) is 83.9 Å². The summed E-state index contributed by atoms with van der Waals surface area (Å²) in [6, 6.07) is 16.7. The lowest BCUT2D eigenvalue weighted by molar-refractivity contribution is 0.248. The van der Waals surface area contributed by atoms with Crippen molar-refractivity contribution >= 4 is 22.6 Å². The average Bonchev–Trinajstić information content (AvgIpc) is 3.29. The van der Waals surface area contributed by atoms with Crippen molar-refractivity contribution in [3.8, 4) is 11.3 Å². The molecule has 0 unspecified atom stereocenters. The second-order valence-corrected chi connectivity index (χ2v) is 7.23. The van der Waals surface area contributed by atoms with Crippen LogP contribution in [0.25, 0.3) is 22.2 Å². The van der Waals surface area contributed by atoms with E-state index in [0.29, 0.717) is 22.5 Å². The summed E-state index contributed by atoms with van der Waals surface area (Å²) in [6.07, 6.45) is 0. The number of urea groups is 1. The molecule has 1 aromatic heterocycles. The number of hydrogen-bond acceptors (Lipinski definition) is 4. The Morgan fingerprint density at radius 3 is 2.57 bits per heavy atom. The fourth-order valence-electron chi connectivity index (χ4n) is 3.57. The molecule has 8 heteroatoms. The largest absolute Gasteiger partial charge is 0.355 e. The van der Waals surface area contributed by atoms with E-state index in [1.54, 1.807) is 31.2 Å². The molecule has 30 heavy (non-hydrogen) atoms. The standard InChI is InChI=1S/C22H16F2N4O2/c1-22(25-21(29)28(27-22)17-4-2-3-16(24)12-17)14-7-10-19-18(11-14)20(30-26-19)13-5-8-15(23)9-6-13/h2-12,27H,1H3,(H,25,29)/t22-/m1/s1. The van der Waals surface area contributed by atoms with Crippen molar-refractivity contribution in [2.45, 2.75) is 12.6 Å². The van der Waals surface area contributed by atoms with Gasteiger partial charge in [0, 0.05) is 5.56 Å². The maximum absolute atomic E-state index is 13.6. The maximum Gasteiger partial charge on any atom is 0.338 e. The van der Waals surface area contributed by atoms with Crippen molar-refractivity contribution in [1.29, 1.82) is 0 Å². The Bertz CT molecular complexity index is 1270. The first kappa shape index (κ1) is 18.3. The van der Waals surface area contributed by atoms with Gasteiger partial charge < -0.3 is 9.84 Å². The molecule has 4 aromatic rings. The zero-order valence-electron chi connectivity index (χ0n) is 15.8. The van der Waals surface area contributed by atoms with Gasteiger partial charge in [-0.05, 0) is 67.1 Å². The van der Waals surface area contributed by atoms with E-state index in [1.807, 2.05) is 12.1 Å². The summed E-state index contributed by atoms with van der Waals surface area (Å²) in [5, 5.41) is 8.95. The van der Waals surface area contributed by atoms with Gasteiger partial charge in [-0.15, -0.1) is 0 Å². The summed E-state index contributed by atoms with van der Waals surface area (Å²) in [5.41, 5.74) is 4.60. The fraction of sp³-hybridized carbons (Fsp3) is 0.0909. The van der Waals surface area contributed by atoms with Gasteiger partial charge in [0.2, 0.25) is 0 Å². The van der Waals surface area contributed by atoms with E-state index in [0.717, 1.165) is 10.9 Å². The maximum atomic E-state index is 13.6. The SMILES string of the molecule is C[C@@]1(c2ccc3noc(-c4ccc(F)cc4)c3c2)NC(=O)N(c2cccc(F)c2)N1. The number of halogens is 2. The zero-order chi connectivity index (χ0) is 20.9. The Morgan fingerprint density at radius 1 is 1.00 bits per heavy atom. The molecule has 1 fully saturated rings. The molecule has 2 N–H and O–H groups in total. The molecule has 1 aliphatic heterocycles. The number of fused-ring (bicyclic) bond motifs is 1. The van der Waals surface area contributed by atoms with Crippen LogP contribution in [0.5, 0.6) is 0 Å². The van der Waals surface area contributed by atoms with Gasteiger partial charge in [-0.2, -0.15) is 5.43 Å². The number of nitrogens with zero attached hydrogens (tertiary/aromatic N) is 2. The van der Waals surface area contributed by atoms with Gasteiger partial charge in [0.15, 0.2) is 5.76 Å². The third-order valence-corrected chi connectivity index (χ3v) is 5.12. The van der Waals surface area contributed by atoms with Gasteiger partial charge in [-0.1, -0.05) is 17.3 Å². The molecule has 1 aliphatic rings. The predicted octanol–water partition coefficient (Wildman–Crippen LogP) is 4.68. The first-order valence-electron chi connectivity index (χ1n) is 9.24. The minimum atomic E-state index is -0.949. The number of rotatable bonds is 3. The molecule has 1 atom stereocenters. The molecule has 2 amide bonds. The van der Waals surface area contributed by atoms with Crippen molar-refractivity contribution < 1.29 is 18.1 Å². The Morgan fingerprint density at radius 2 is 1.80 bits per heavy atom. The molecule has 0 spiro atoms. The van der Waals surface area contributed by atoms with Gasteiger partial charge in [-0.25, -0.2) is 18.6 Å². The molecule has 2 heterocycles. The summed E-state index contributed by atoms with van der Waals surface area (Å²) in [7, 11) is 0. The minimum absolute atomic E-state index is 0.342. The van der Waals surface area contributed by atoms with E-state index < -0.39 is 17.5 Å². The van der Waals surface area contributed by atoms with Gasteiger partial charge in [0.05, 0.1) is 11.1 Å². The van der Waals surface area contributed by atoms with Gasteiger partial charge >= 0.3 is 6.03 Å². The third kappa shape index (κ3) is 2.98. The molecule has 150 valence electrons. The lowest BCUT2D eigenvalue weighted by Gasteiger charge is -2.25. The molecule has 3 aromatic carbocycles. The average molecular weight is 406 g/mol. The van der Waals surface area contributed by atoms with Crippen LogP contribution in [0.3, 0.4) is 0 Å². The quantitative estimate of drug-likeness (QED) is 0.518. The van der Waals surface area contributed by atoms with Crippen LogP contribution in [0.15, 0.2) is 71.3 Å². The zero-order valence-corrected chi connectivity index (χ0v) is 15.8. The molecular weight excluding hydrogens is 390 g/mol. The Hall–Kier alpha value is -3.78. The lowest BCUT2D eigenvalue weighted by atomic mass is 9.99. The van der Waals surface area contributed by atoms with Crippen LogP contribution in [0, 0.1) is 11.6 Å². The van der Waals surface area contributed by atoms with E-state index >= 15 is 0 Å². The number of carbonyl (C=O) groups is 1. The van der Waals surface area contributed by atoms with E-state index in [9.17, 15) is 13.6 Å². The number of nitrogens with one attached hydrogen (secondary N) is 2.